The summed E-state index contributed by atoms with van der Waals surface area (Å²) in [5, 5.41) is 2.29. The fraction of sp³-hybridized carbons (Fsp3) is 0.273. The first-order valence-corrected chi connectivity index (χ1v) is 8.31. The van der Waals surface area contributed by atoms with Gasteiger partial charge >= 0.3 is 0 Å². The number of rotatable bonds is 10. The van der Waals surface area contributed by atoms with Gasteiger partial charge in [0.2, 0.25) is 0 Å². The Labute approximate surface area is 150 Å². The van der Waals surface area contributed by atoms with Gasteiger partial charge in [-0.05, 0) is 11.1 Å². The molecule has 0 aliphatic heterocycles. The molecule has 0 atom stereocenters. The lowest BCUT2D eigenvalue weighted by atomic mass is 10.1. The van der Waals surface area contributed by atoms with Gasteiger partial charge in [-0.2, -0.15) is 0 Å². The van der Waals surface area contributed by atoms with Crippen LogP contribution in [-0.4, -0.2) is 13.2 Å². The fourth-order valence-corrected chi connectivity index (χ4v) is 2.40. The van der Waals surface area contributed by atoms with Gasteiger partial charge in [0.15, 0.2) is 0 Å². The van der Waals surface area contributed by atoms with Crippen LogP contribution in [0, 0.1) is 24.7 Å². The number of ether oxygens (including phenoxy) is 2. The Kier molecular flexibility index (Phi) is 8.32. The highest BCUT2D eigenvalue weighted by molar-refractivity contribution is 5.22. The molecule has 0 aliphatic carbocycles. The molecule has 0 saturated carbocycles. The van der Waals surface area contributed by atoms with Crippen LogP contribution in [0.1, 0.15) is 22.3 Å². The van der Waals surface area contributed by atoms with Crippen LogP contribution >= 0.6 is 0 Å². The minimum Gasteiger partial charge on any atom is -0.364 e. The molecule has 2 aromatic rings. The summed E-state index contributed by atoms with van der Waals surface area (Å²) in [6.45, 7) is 3.71. The van der Waals surface area contributed by atoms with E-state index >= 15 is 0 Å². The van der Waals surface area contributed by atoms with Crippen LogP contribution in [0.15, 0.2) is 48.5 Å². The molecule has 0 radical (unpaired) electrons. The molecule has 0 fully saturated rings. The van der Waals surface area contributed by atoms with Gasteiger partial charge in [0.05, 0.1) is 13.2 Å². The summed E-state index contributed by atoms with van der Waals surface area (Å²) in [6, 6.07) is 16.9. The molecule has 128 valence electrons. The third-order valence-electron chi connectivity index (χ3n) is 3.71. The number of nitrogens with two attached hydrogens (primary N) is 1. The first-order chi connectivity index (χ1) is 12.3. The molecule has 0 amide bonds. The molecule has 0 heterocycles. The first-order valence-electron chi connectivity index (χ1n) is 8.31. The van der Waals surface area contributed by atoms with Crippen molar-refractivity contribution < 1.29 is 14.8 Å². The van der Waals surface area contributed by atoms with Gasteiger partial charge in [-0.3, -0.25) is 0 Å². The number of quaternary nitrogens is 1. The van der Waals surface area contributed by atoms with Crippen LogP contribution in [0.4, 0.5) is 0 Å². The Balaban J connectivity index is 1.71. The molecule has 0 aromatic heterocycles. The van der Waals surface area contributed by atoms with E-state index in [9.17, 15) is 0 Å². The van der Waals surface area contributed by atoms with E-state index in [1.807, 2.05) is 0 Å². The van der Waals surface area contributed by atoms with Crippen molar-refractivity contribution in [3.05, 3.63) is 70.8 Å². The zero-order chi connectivity index (χ0) is 17.7. The highest BCUT2D eigenvalue weighted by Crippen LogP contribution is 2.06. The van der Waals surface area contributed by atoms with E-state index in [2.05, 4.69) is 65.7 Å². The van der Waals surface area contributed by atoms with Gasteiger partial charge in [-0.15, -0.1) is 12.8 Å². The second kappa shape index (κ2) is 11.1. The monoisotopic (exact) mass is 334 g/mol. The number of hydrogen-bond donors (Lipinski definition) is 1. The SMILES string of the molecule is C#CCOCc1ccc(C[NH2+]Cc2ccc(COCC#C)cc2)cc1. The molecule has 0 aliphatic rings. The van der Waals surface area contributed by atoms with E-state index in [0.29, 0.717) is 26.4 Å². The maximum atomic E-state index is 5.33. The highest BCUT2D eigenvalue weighted by Gasteiger charge is 2.00. The Hall–Kier alpha value is -2.56. The van der Waals surface area contributed by atoms with Crippen molar-refractivity contribution in [3.63, 3.8) is 0 Å². The summed E-state index contributed by atoms with van der Waals surface area (Å²) in [4.78, 5) is 0. The average Bonchev–Trinajstić information content (AvgIpc) is 2.65. The van der Waals surface area contributed by atoms with E-state index in [1.165, 1.54) is 11.1 Å². The number of terminal acetylenes is 2. The number of benzene rings is 2. The summed E-state index contributed by atoms with van der Waals surface area (Å²) in [7, 11) is 0. The maximum Gasteiger partial charge on any atom is 0.107 e. The molecule has 2 N–H and O–H groups in total. The van der Waals surface area contributed by atoms with Gasteiger partial charge in [0.1, 0.15) is 26.3 Å². The van der Waals surface area contributed by atoms with E-state index < -0.39 is 0 Å². The lowest BCUT2D eigenvalue weighted by molar-refractivity contribution is -0.686. The molecule has 3 nitrogen and oxygen atoms in total. The van der Waals surface area contributed by atoms with Crippen molar-refractivity contribution >= 4 is 0 Å². The summed E-state index contributed by atoms with van der Waals surface area (Å²) in [6.07, 6.45) is 10.3. The minimum absolute atomic E-state index is 0.352. The standard InChI is InChI=1S/C22H23NO2/c1-3-13-24-17-21-9-5-19(6-10-21)15-23-16-20-7-11-22(12-8-20)18-25-14-4-2/h1-2,5-12,23H,13-18H2/p+1. The topological polar surface area (TPSA) is 35.1 Å². The zero-order valence-corrected chi connectivity index (χ0v) is 14.4. The second-order valence-electron chi connectivity index (χ2n) is 5.72. The summed E-state index contributed by atoms with van der Waals surface area (Å²) in [5.41, 5.74) is 4.86. The average molecular weight is 334 g/mol. The Morgan fingerprint density at radius 1 is 0.640 bits per heavy atom. The summed E-state index contributed by atoms with van der Waals surface area (Å²) >= 11 is 0. The quantitative estimate of drug-likeness (QED) is 0.534. The van der Waals surface area contributed by atoms with Crippen molar-refractivity contribution in [2.45, 2.75) is 26.3 Å². The van der Waals surface area contributed by atoms with Gasteiger partial charge < -0.3 is 14.8 Å². The lowest BCUT2D eigenvalue weighted by Crippen LogP contribution is -2.80. The summed E-state index contributed by atoms with van der Waals surface area (Å²) < 4.78 is 10.7. The lowest BCUT2D eigenvalue weighted by Gasteiger charge is -2.06. The van der Waals surface area contributed by atoms with Gasteiger partial charge in [-0.25, -0.2) is 0 Å². The molecule has 0 spiro atoms. The van der Waals surface area contributed by atoms with Gasteiger partial charge in [0.25, 0.3) is 0 Å². The van der Waals surface area contributed by atoms with Crippen LogP contribution in [0.25, 0.3) is 0 Å². The fourth-order valence-electron chi connectivity index (χ4n) is 2.40. The third kappa shape index (κ3) is 7.25. The first kappa shape index (κ1) is 18.8. The van der Waals surface area contributed by atoms with Crippen LogP contribution < -0.4 is 5.32 Å². The van der Waals surface area contributed by atoms with Crippen LogP contribution in [0.5, 0.6) is 0 Å². The Bertz CT molecular complexity index is 642. The largest absolute Gasteiger partial charge is 0.364 e. The maximum absolute atomic E-state index is 5.33. The molecular weight excluding hydrogens is 310 g/mol. The normalized spacial score (nSPS) is 10.2. The van der Waals surface area contributed by atoms with Crippen LogP contribution in [0.2, 0.25) is 0 Å². The Morgan fingerprint density at radius 2 is 1.00 bits per heavy atom. The minimum atomic E-state index is 0.352. The molecule has 25 heavy (non-hydrogen) atoms. The predicted molar refractivity (Wildman–Crippen MR) is 99.2 cm³/mol. The molecule has 2 aromatic carbocycles. The molecule has 0 saturated heterocycles. The molecule has 2 rings (SSSR count). The second-order valence-corrected chi connectivity index (χ2v) is 5.72. The smallest absolute Gasteiger partial charge is 0.107 e. The van der Waals surface area contributed by atoms with E-state index in [4.69, 9.17) is 22.3 Å². The zero-order valence-electron chi connectivity index (χ0n) is 14.4. The molecular formula is C22H24NO2+. The summed E-state index contributed by atoms with van der Waals surface area (Å²) in [5.74, 6) is 4.93. The van der Waals surface area contributed by atoms with Crippen LogP contribution in [0.3, 0.4) is 0 Å². The van der Waals surface area contributed by atoms with Crippen molar-refractivity contribution in [2.75, 3.05) is 13.2 Å². The molecule has 0 unspecified atom stereocenters. The van der Waals surface area contributed by atoms with Crippen molar-refractivity contribution in [1.29, 1.82) is 0 Å². The Morgan fingerprint density at radius 3 is 1.36 bits per heavy atom. The van der Waals surface area contributed by atoms with E-state index in [-0.39, 0.29) is 0 Å². The van der Waals surface area contributed by atoms with Gasteiger partial charge in [0, 0.05) is 11.1 Å². The van der Waals surface area contributed by atoms with Crippen molar-refractivity contribution in [3.8, 4) is 24.7 Å². The molecule has 0 bridgehead atoms. The van der Waals surface area contributed by atoms with E-state index in [1.54, 1.807) is 0 Å². The van der Waals surface area contributed by atoms with E-state index in [0.717, 1.165) is 24.2 Å². The highest BCUT2D eigenvalue weighted by atomic mass is 16.5. The van der Waals surface area contributed by atoms with Crippen molar-refractivity contribution in [2.24, 2.45) is 0 Å². The third-order valence-corrected chi connectivity index (χ3v) is 3.71. The van der Waals surface area contributed by atoms with Crippen molar-refractivity contribution in [1.82, 2.24) is 0 Å². The number of hydrogen-bond acceptors (Lipinski definition) is 2. The predicted octanol–water partition coefficient (Wildman–Crippen LogP) is 2.25. The van der Waals surface area contributed by atoms with Gasteiger partial charge in [-0.1, -0.05) is 60.4 Å². The molecule has 3 heteroatoms. The van der Waals surface area contributed by atoms with Crippen LogP contribution in [-0.2, 0) is 35.8 Å².